The lowest BCUT2D eigenvalue weighted by Gasteiger charge is -2.24. The van der Waals surface area contributed by atoms with Crippen LogP contribution >= 0.6 is 11.9 Å². The van der Waals surface area contributed by atoms with E-state index in [1.165, 1.54) is 16.0 Å². The normalized spacial score (nSPS) is 16.3. The molecule has 1 saturated heterocycles. The molecule has 3 heteroatoms. The van der Waals surface area contributed by atoms with Gasteiger partial charge in [-0.05, 0) is 35.2 Å². The number of hydrogen-bond acceptors (Lipinski definition) is 3. The van der Waals surface area contributed by atoms with Crippen molar-refractivity contribution in [1.82, 2.24) is 4.31 Å². The van der Waals surface area contributed by atoms with Gasteiger partial charge < -0.3 is 0 Å². The van der Waals surface area contributed by atoms with Gasteiger partial charge in [0.15, 0.2) is 0 Å². The SMILES string of the molecule is O=C1CCN(Sc2ccc(-c3ccccc3)cc2)CC1. The summed E-state index contributed by atoms with van der Waals surface area (Å²) in [6, 6.07) is 19.0. The third-order valence-corrected chi connectivity index (χ3v) is 4.58. The van der Waals surface area contributed by atoms with Crippen LogP contribution in [0.4, 0.5) is 0 Å². The third-order valence-electron chi connectivity index (χ3n) is 3.48. The van der Waals surface area contributed by atoms with Gasteiger partial charge in [0.1, 0.15) is 5.78 Å². The Kier molecular flexibility index (Phi) is 4.19. The van der Waals surface area contributed by atoms with E-state index >= 15 is 0 Å². The molecule has 1 aliphatic rings. The van der Waals surface area contributed by atoms with Crippen LogP contribution in [0.2, 0.25) is 0 Å². The fourth-order valence-electron chi connectivity index (χ4n) is 2.31. The number of nitrogens with zero attached hydrogens (tertiary/aromatic N) is 1. The molecule has 20 heavy (non-hydrogen) atoms. The van der Waals surface area contributed by atoms with Gasteiger partial charge in [0.05, 0.1) is 0 Å². The third kappa shape index (κ3) is 3.30. The van der Waals surface area contributed by atoms with Gasteiger partial charge in [-0.15, -0.1) is 0 Å². The van der Waals surface area contributed by atoms with Crippen LogP contribution in [0.3, 0.4) is 0 Å². The van der Waals surface area contributed by atoms with Crippen molar-refractivity contribution in [2.45, 2.75) is 17.7 Å². The van der Waals surface area contributed by atoms with Crippen molar-refractivity contribution in [2.75, 3.05) is 13.1 Å². The van der Waals surface area contributed by atoms with Crippen molar-refractivity contribution >= 4 is 17.7 Å². The fourth-order valence-corrected chi connectivity index (χ4v) is 3.24. The van der Waals surface area contributed by atoms with E-state index in [1.54, 1.807) is 11.9 Å². The molecule has 3 rings (SSSR count). The molecule has 0 N–H and O–H groups in total. The van der Waals surface area contributed by atoms with Gasteiger partial charge in [-0.25, -0.2) is 4.31 Å². The summed E-state index contributed by atoms with van der Waals surface area (Å²) in [4.78, 5) is 12.5. The summed E-state index contributed by atoms with van der Waals surface area (Å²) in [6.07, 6.45) is 1.38. The highest BCUT2D eigenvalue weighted by Gasteiger charge is 2.16. The molecule has 0 unspecified atom stereocenters. The Morgan fingerprint density at radius 3 is 2.05 bits per heavy atom. The highest BCUT2D eigenvalue weighted by Crippen LogP contribution is 2.27. The predicted molar refractivity (Wildman–Crippen MR) is 83.5 cm³/mol. The second-order valence-electron chi connectivity index (χ2n) is 4.95. The molecule has 1 aliphatic heterocycles. The molecule has 2 aromatic rings. The van der Waals surface area contributed by atoms with Crippen LogP contribution in [0, 0.1) is 0 Å². The second kappa shape index (κ2) is 6.25. The van der Waals surface area contributed by atoms with E-state index < -0.39 is 0 Å². The highest BCUT2D eigenvalue weighted by molar-refractivity contribution is 7.97. The number of Topliss-reactive ketones (excluding diaryl/α,β-unsaturated/α-hetero) is 1. The van der Waals surface area contributed by atoms with Gasteiger partial charge in [0.25, 0.3) is 0 Å². The summed E-state index contributed by atoms with van der Waals surface area (Å²) >= 11 is 1.75. The number of ketones is 1. The van der Waals surface area contributed by atoms with E-state index in [2.05, 4.69) is 52.8 Å². The predicted octanol–water partition coefficient (Wildman–Crippen LogP) is 4.03. The lowest BCUT2D eigenvalue weighted by atomic mass is 10.1. The minimum atomic E-state index is 0.390. The quantitative estimate of drug-likeness (QED) is 0.793. The second-order valence-corrected chi connectivity index (χ2v) is 6.12. The maximum absolute atomic E-state index is 11.2. The number of rotatable bonds is 3. The topological polar surface area (TPSA) is 20.3 Å². The standard InChI is InChI=1S/C17H17NOS/c19-16-10-12-18(13-11-16)20-17-8-6-15(7-9-17)14-4-2-1-3-5-14/h1-9H,10-13H2. The van der Waals surface area contributed by atoms with Crippen molar-refractivity contribution in [1.29, 1.82) is 0 Å². The minimum absolute atomic E-state index is 0.390. The van der Waals surface area contributed by atoms with Crippen LogP contribution in [0.1, 0.15) is 12.8 Å². The van der Waals surface area contributed by atoms with Crippen LogP contribution in [0.25, 0.3) is 11.1 Å². The first-order valence-corrected chi connectivity index (χ1v) is 7.69. The average Bonchev–Trinajstić information content (AvgIpc) is 2.51. The summed E-state index contributed by atoms with van der Waals surface area (Å²) < 4.78 is 2.28. The molecular weight excluding hydrogens is 266 g/mol. The molecule has 1 heterocycles. The van der Waals surface area contributed by atoms with Crippen molar-refractivity contribution < 1.29 is 4.79 Å². The number of benzene rings is 2. The zero-order chi connectivity index (χ0) is 13.8. The first kappa shape index (κ1) is 13.4. The van der Waals surface area contributed by atoms with E-state index in [1.807, 2.05) is 6.07 Å². The summed E-state index contributed by atoms with van der Waals surface area (Å²) in [7, 11) is 0. The van der Waals surface area contributed by atoms with Crippen molar-refractivity contribution in [2.24, 2.45) is 0 Å². The van der Waals surface area contributed by atoms with Crippen LogP contribution in [-0.2, 0) is 4.79 Å². The summed E-state index contributed by atoms with van der Waals surface area (Å²) in [5.41, 5.74) is 2.48. The fraction of sp³-hybridized carbons (Fsp3) is 0.235. The lowest BCUT2D eigenvalue weighted by molar-refractivity contribution is -0.120. The number of carbonyl (C=O) groups is 1. The molecule has 0 aromatic heterocycles. The molecule has 0 bridgehead atoms. The van der Waals surface area contributed by atoms with E-state index in [0.29, 0.717) is 18.6 Å². The molecule has 102 valence electrons. The van der Waals surface area contributed by atoms with E-state index in [0.717, 1.165) is 13.1 Å². The molecule has 0 amide bonds. The molecule has 0 aliphatic carbocycles. The Balaban J connectivity index is 1.66. The van der Waals surface area contributed by atoms with Gasteiger partial charge >= 0.3 is 0 Å². The maximum Gasteiger partial charge on any atom is 0.135 e. The van der Waals surface area contributed by atoms with E-state index in [4.69, 9.17) is 0 Å². The largest absolute Gasteiger partial charge is 0.300 e. The molecular formula is C17H17NOS. The van der Waals surface area contributed by atoms with Crippen molar-refractivity contribution in [3.63, 3.8) is 0 Å². The van der Waals surface area contributed by atoms with Crippen LogP contribution in [-0.4, -0.2) is 23.2 Å². The summed E-state index contributed by atoms with van der Waals surface area (Å²) in [5, 5.41) is 0. The van der Waals surface area contributed by atoms with Crippen molar-refractivity contribution in [3.05, 3.63) is 54.6 Å². The van der Waals surface area contributed by atoms with Gasteiger partial charge in [-0.1, -0.05) is 42.5 Å². The Morgan fingerprint density at radius 1 is 0.800 bits per heavy atom. The van der Waals surface area contributed by atoms with Crippen LogP contribution in [0.5, 0.6) is 0 Å². The summed E-state index contributed by atoms with van der Waals surface area (Å²) in [6.45, 7) is 1.73. The summed E-state index contributed by atoms with van der Waals surface area (Å²) in [5.74, 6) is 0.390. The zero-order valence-corrected chi connectivity index (χ0v) is 12.1. The first-order valence-electron chi connectivity index (χ1n) is 6.91. The van der Waals surface area contributed by atoms with Gasteiger partial charge in [0.2, 0.25) is 0 Å². The van der Waals surface area contributed by atoms with Crippen LogP contribution in [0.15, 0.2) is 59.5 Å². The Hall–Kier alpha value is -1.58. The minimum Gasteiger partial charge on any atom is -0.300 e. The average molecular weight is 283 g/mol. The zero-order valence-electron chi connectivity index (χ0n) is 11.3. The Morgan fingerprint density at radius 2 is 1.40 bits per heavy atom. The van der Waals surface area contributed by atoms with Crippen LogP contribution < -0.4 is 0 Å². The first-order chi connectivity index (χ1) is 9.81. The molecule has 1 fully saturated rings. The van der Waals surface area contributed by atoms with Crippen molar-refractivity contribution in [3.8, 4) is 11.1 Å². The van der Waals surface area contributed by atoms with E-state index in [-0.39, 0.29) is 0 Å². The lowest BCUT2D eigenvalue weighted by Crippen LogP contribution is -2.28. The molecule has 0 spiro atoms. The molecule has 2 nitrogen and oxygen atoms in total. The highest BCUT2D eigenvalue weighted by atomic mass is 32.2. The van der Waals surface area contributed by atoms with E-state index in [9.17, 15) is 4.79 Å². The van der Waals surface area contributed by atoms with Gasteiger partial charge in [-0.2, -0.15) is 0 Å². The number of carbonyl (C=O) groups excluding carboxylic acids is 1. The Bertz CT molecular complexity index is 570. The number of hydrogen-bond donors (Lipinski definition) is 0. The van der Waals surface area contributed by atoms with Gasteiger partial charge in [-0.3, -0.25) is 4.79 Å². The monoisotopic (exact) mass is 283 g/mol. The molecule has 0 saturated carbocycles. The molecule has 0 radical (unpaired) electrons. The number of piperidine rings is 1. The van der Waals surface area contributed by atoms with Gasteiger partial charge in [0, 0.05) is 30.8 Å². The maximum atomic E-state index is 11.2. The molecule has 0 atom stereocenters. The molecule has 2 aromatic carbocycles. The Labute approximate surface area is 123 Å². The smallest absolute Gasteiger partial charge is 0.135 e.